The number of anilines is 1. The predicted octanol–water partition coefficient (Wildman–Crippen LogP) is 4.29. The Morgan fingerprint density at radius 3 is 2.32 bits per heavy atom. The summed E-state index contributed by atoms with van der Waals surface area (Å²) in [5.41, 5.74) is 5.08. The smallest absolute Gasteiger partial charge is 0.0561 e. The third-order valence-corrected chi connectivity index (χ3v) is 2.95. The summed E-state index contributed by atoms with van der Waals surface area (Å²) in [5, 5.41) is 6.72. The molecule has 0 atom stereocenters. The highest BCUT2D eigenvalue weighted by molar-refractivity contribution is 5.90. The maximum atomic E-state index is 4.24. The van der Waals surface area contributed by atoms with Gasteiger partial charge in [0, 0.05) is 0 Å². The Bertz CT molecular complexity index is 703. The maximum absolute atomic E-state index is 4.24. The number of para-hydroxylation sites is 1. The van der Waals surface area contributed by atoms with Gasteiger partial charge >= 0.3 is 0 Å². The zero-order chi connectivity index (χ0) is 12.9. The van der Waals surface area contributed by atoms with Crippen LogP contribution < -0.4 is 5.43 Å². The first-order chi connectivity index (χ1) is 9.42. The highest BCUT2D eigenvalue weighted by Crippen LogP contribution is 2.14. The van der Waals surface area contributed by atoms with Gasteiger partial charge in [-0.3, -0.25) is 5.43 Å². The van der Waals surface area contributed by atoms with Crippen molar-refractivity contribution >= 4 is 22.7 Å². The first-order valence-corrected chi connectivity index (χ1v) is 6.25. The second-order valence-electron chi connectivity index (χ2n) is 4.34. The summed E-state index contributed by atoms with van der Waals surface area (Å²) in [6.45, 7) is 0. The van der Waals surface area contributed by atoms with E-state index < -0.39 is 0 Å². The molecule has 0 aliphatic rings. The zero-order valence-electron chi connectivity index (χ0n) is 10.5. The molecule has 1 N–H and O–H groups in total. The minimum atomic E-state index is 0.986. The van der Waals surface area contributed by atoms with Gasteiger partial charge in [0.2, 0.25) is 0 Å². The topological polar surface area (TPSA) is 24.4 Å². The van der Waals surface area contributed by atoms with Crippen LogP contribution in [-0.2, 0) is 0 Å². The number of rotatable bonds is 3. The van der Waals surface area contributed by atoms with Crippen molar-refractivity contribution in [2.75, 3.05) is 5.43 Å². The number of hydrazone groups is 1. The van der Waals surface area contributed by atoms with Crippen molar-refractivity contribution in [3.05, 3.63) is 78.4 Å². The number of nitrogens with one attached hydrogen (secondary N) is 1. The second kappa shape index (κ2) is 5.36. The quantitative estimate of drug-likeness (QED) is 0.541. The summed E-state index contributed by atoms with van der Waals surface area (Å²) in [6.07, 6.45) is 1.83. The van der Waals surface area contributed by atoms with Crippen molar-refractivity contribution in [2.24, 2.45) is 5.10 Å². The SMILES string of the molecule is C(=N\Nc1ccccc1)/c1ccc2ccccc2c1. The van der Waals surface area contributed by atoms with E-state index in [1.807, 2.05) is 48.7 Å². The molecule has 2 nitrogen and oxygen atoms in total. The van der Waals surface area contributed by atoms with Crippen LogP contribution in [0, 0.1) is 0 Å². The third kappa shape index (κ3) is 2.80. The molecule has 0 saturated heterocycles. The van der Waals surface area contributed by atoms with Crippen LogP contribution in [0.1, 0.15) is 5.56 Å². The summed E-state index contributed by atoms with van der Waals surface area (Å²) in [5.74, 6) is 0. The van der Waals surface area contributed by atoms with Gasteiger partial charge < -0.3 is 0 Å². The first-order valence-electron chi connectivity index (χ1n) is 6.25. The summed E-state index contributed by atoms with van der Waals surface area (Å²) >= 11 is 0. The molecule has 3 aromatic rings. The van der Waals surface area contributed by atoms with Crippen LogP contribution in [-0.4, -0.2) is 6.21 Å². The van der Waals surface area contributed by atoms with Crippen molar-refractivity contribution < 1.29 is 0 Å². The fraction of sp³-hybridized carbons (Fsp3) is 0. The number of hydrogen-bond donors (Lipinski definition) is 1. The van der Waals surface area contributed by atoms with E-state index >= 15 is 0 Å². The molecule has 0 amide bonds. The fourth-order valence-electron chi connectivity index (χ4n) is 1.98. The third-order valence-electron chi connectivity index (χ3n) is 2.95. The Hall–Kier alpha value is -2.61. The van der Waals surface area contributed by atoms with E-state index in [1.165, 1.54) is 10.8 Å². The van der Waals surface area contributed by atoms with Gasteiger partial charge in [0.1, 0.15) is 0 Å². The molecular weight excluding hydrogens is 232 g/mol. The Morgan fingerprint density at radius 2 is 1.47 bits per heavy atom. The summed E-state index contributed by atoms with van der Waals surface area (Å²) in [7, 11) is 0. The van der Waals surface area contributed by atoms with Gasteiger partial charge in [-0.1, -0.05) is 54.6 Å². The highest BCUT2D eigenvalue weighted by Gasteiger charge is 1.93. The van der Waals surface area contributed by atoms with Crippen LogP contribution in [0.3, 0.4) is 0 Å². The molecule has 0 aromatic heterocycles. The van der Waals surface area contributed by atoms with Crippen molar-refractivity contribution in [2.45, 2.75) is 0 Å². The molecule has 92 valence electrons. The van der Waals surface area contributed by atoms with Gasteiger partial charge in [-0.05, 0) is 34.5 Å². The zero-order valence-corrected chi connectivity index (χ0v) is 10.5. The summed E-state index contributed by atoms with van der Waals surface area (Å²) in [6, 6.07) is 24.5. The molecule has 3 aromatic carbocycles. The standard InChI is InChI=1S/C17H14N2/c1-2-8-17(9-3-1)19-18-13-14-10-11-15-6-4-5-7-16(15)12-14/h1-13,19H/b18-13+. The lowest BCUT2D eigenvalue weighted by atomic mass is 10.1. The van der Waals surface area contributed by atoms with E-state index in [9.17, 15) is 0 Å². The molecule has 0 aliphatic carbocycles. The molecule has 3 rings (SSSR count). The summed E-state index contributed by atoms with van der Waals surface area (Å²) < 4.78 is 0. The van der Waals surface area contributed by atoms with Gasteiger partial charge in [-0.2, -0.15) is 5.10 Å². The number of nitrogens with zero attached hydrogens (tertiary/aromatic N) is 1. The monoisotopic (exact) mass is 246 g/mol. The van der Waals surface area contributed by atoms with Gasteiger partial charge in [0.25, 0.3) is 0 Å². The Morgan fingerprint density at radius 1 is 0.737 bits per heavy atom. The summed E-state index contributed by atoms with van der Waals surface area (Å²) in [4.78, 5) is 0. The molecule has 0 spiro atoms. The maximum Gasteiger partial charge on any atom is 0.0561 e. The van der Waals surface area contributed by atoms with Crippen LogP contribution in [0.2, 0.25) is 0 Å². The van der Waals surface area contributed by atoms with E-state index in [1.54, 1.807) is 0 Å². The van der Waals surface area contributed by atoms with E-state index in [2.05, 4.69) is 40.9 Å². The molecule has 0 unspecified atom stereocenters. The lowest BCUT2D eigenvalue weighted by molar-refractivity contribution is 1.35. The molecule has 19 heavy (non-hydrogen) atoms. The van der Waals surface area contributed by atoms with E-state index in [0.29, 0.717) is 0 Å². The molecule has 0 radical (unpaired) electrons. The fourth-order valence-corrected chi connectivity index (χ4v) is 1.98. The van der Waals surface area contributed by atoms with Gasteiger partial charge in [0.15, 0.2) is 0 Å². The normalized spacial score (nSPS) is 10.9. The minimum absolute atomic E-state index is 0.986. The van der Waals surface area contributed by atoms with Crippen LogP contribution in [0.4, 0.5) is 5.69 Å². The van der Waals surface area contributed by atoms with Gasteiger partial charge in [0.05, 0.1) is 11.9 Å². The molecule has 2 heteroatoms. The van der Waals surface area contributed by atoms with Crippen molar-refractivity contribution in [1.82, 2.24) is 0 Å². The van der Waals surface area contributed by atoms with Crippen LogP contribution >= 0.6 is 0 Å². The van der Waals surface area contributed by atoms with Gasteiger partial charge in [-0.15, -0.1) is 0 Å². The van der Waals surface area contributed by atoms with Gasteiger partial charge in [-0.25, -0.2) is 0 Å². The molecule has 0 bridgehead atoms. The van der Waals surface area contributed by atoms with E-state index in [4.69, 9.17) is 0 Å². The number of fused-ring (bicyclic) bond motifs is 1. The van der Waals surface area contributed by atoms with Crippen LogP contribution in [0.25, 0.3) is 10.8 Å². The number of hydrogen-bond acceptors (Lipinski definition) is 2. The van der Waals surface area contributed by atoms with Crippen molar-refractivity contribution in [1.29, 1.82) is 0 Å². The average molecular weight is 246 g/mol. The predicted molar refractivity (Wildman–Crippen MR) is 81.6 cm³/mol. The number of benzene rings is 3. The van der Waals surface area contributed by atoms with Crippen LogP contribution in [0.15, 0.2) is 77.9 Å². The van der Waals surface area contributed by atoms with Crippen LogP contribution in [0.5, 0.6) is 0 Å². The lowest BCUT2D eigenvalue weighted by Crippen LogP contribution is -1.90. The second-order valence-corrected chi connectivity index (χ2v) is 4.34. The molecule has 0 heterocycles. The van der Waals surface area contributed by atoms with Crippen molar-refractivity contribution in [3.63, 3.8) is 0 Å². The molecule has 0 fully saturated rings. The highest BCUT2D eigenvalue weighted by atomic mass is 15.3. The molecule has 0 aliphatic heterocycles. The largest absolute Gasteiger partial charge is 0.279 e. The van der Waals surface area contributed by atoms with E-state index in [-0.39, 0.29) is 0 Å². The first kappa shape index (κ1) is 11.5. The minimum Gasteiger partial charge on any atom is -0.279 e. The lowest BCUT2D eigenvalue weighted by Gasteiger charge is -2.00. The van der Waals surface area contributed by atoms with Crippen molar-refractivity contribution in [3.8, 4) is 0 Å². The Labute approximate surface area is 112 Å². The Kier molecular flexibility index (Phi) is 3.24. The Balaban J connectivity index is 1.78. The molecule has 0 saturated carbocycles. The molecular formula is C17H14N2. The van der Waals surface area contributed by atoms with E-state index in [0.717, 1.165) is 11.3 Å². The average Bonchev–Trinajstić information content (AvgIpc) is 2.48.